The second kappa shape index (κ2) is 5.80. The molecule has 1 rings (SSSR count). The largest absolute Gasteiger partial charge is 0.360 e. The maximum atomic E-state index is 5.94. The minimum absolute atomic E-state index is 0.284. The van der Waals surface area contributed by atoms with Gasteiger partial charge in [-0.15, -0.1) is 0 Å². The Morgan fingerprint density at radius 2 is 2.19 bits per heavy atom. The minimum Gasteiger partial charge on any atom is -0.360 e. The number of halogens is 2. The fraction of sp³-hybridized carbons (Fsp3) is 0.400. The van der Waals surface area contributed by atoms with E-state index in [0.717, 1.165) is 10.0 Å². The Labute approximate surface area is 114 Å². The summed E-state index contributed by atoms with van der Waals surface area (Å²) in [5.41, 5.74) is 0.937. The Morgan fingerprint density at radius 3 is 2.75 bits per heavy atom. The van der Waals surface area contributed by atoms with Crippen LogP contribution >= 0.6 is 39.7 Å². The number of anilines is 1. The summed E-state index contributed by atoms with van der Waals surface area (Å²) in [5.74, 6) is 0.667. The molecule has 1 aromatic rings. The van der Waals surface area contributed by atoms with Gasteiger partial charge in [0.2, 0.25) is 0 Å². The first-order valence-electron chi connectivity index (χ1n) is 4.80. The number of hydrogen-bond donors (Lipinski definition) is 2. The van der Waals surface area contributed by atoms with Gasteiger partial charge in [0, 0.05) is 12.2 Å². The van der Waals surface area contributed by atoms with Crippen molar-refractivity contribution < 1.29 is 0 Å². The van der Waals surface area contributed by atoms with Gasteiger partial charge in [-0.2, -0.15) is 0 Å². The molecule has 0 saturated carbocycles. The number of nitrogens with one attached hydrogen (secondary N) is 2. The lowest BCUT2D eigenvalue weighted by molar-refractivity contribution is 0.739. The van der Waals surface area contributed by atoms with E-state index in [4.69, 9.17) is 23.8 Å². The molecule has 0 spiro atoms. The van der Waals surface area contributed by atoms with Crippen molar-refractivity contribution in [2.45, 2.75) is 26.8 Å². The molecule has 0 aliphatic rings. The molecule has 0 amide bonds. The number of pyridine rings is 1. The lowest BCUT2D eigenvalue weighted by atomic mass is 10.3. The summed E-state index contributed by atoms with van der Waals surface area (Å²) in [7, 11) is 0. The molecule has 0 saturated heterocycles. The highest BCUT2D eigenvalue weighted by molar-refractivity contribution is 9.10. The van der Waals surface area contributed by atoms with Crippen LogP contribution in [-0.4, -0.2) is 16.1 Å². The third-order valence-electron chi connectivity index (χ3n) is 1.85. The van der Waals surface area contributed by atoms with Gasteiger partial charge in [0.15, 0.2) is 5.11 Å². The van der Waals surface area contributed by atoms with Crippen molar-refractivity contribution in [2.24, 2.45) is 0 Å². The van der Waals surface area contributed by atoms with Crippen LogP contribution in [-0.2, 0) is 0 Å². The standard InChI is InChI=1S/C10H13BrClN3S/c1-5(2)14-10(16)15-9-8(11)6(3)7(12)4-13-9/h4-5H,1-3H3,(H2,13,14,15,16). The zero-order chi connectivity index (χ0) is 12.3. The number of nitrogens with zero attached hydrogens (tertiary/aromatic N) is 1. The predicted octanol–water partition coefficient (Wildman–Crippen LogP) is 3.50. The molecule has 6 heteroatoms. The van der Waals surface area contributed by atoms with Gasteiger partial charge in [0.05, 0.1) is 9.50 Å². The van der Waals surface area contributed by atoms with Crippen LogP contribution in [0.15, 0.2) is 10.7 Å². The van der Waals surface area contributed by atoms with Crippen molar-refractivity contribution in [3.8, 4) is 0 Å². The van der Waals surface area contributed by atoms with E-state index in [2.05, 4.69) is 31.5 Å². The topological polar surface area (TPSA) is 37.0 Å². The van der Waals surface area contributed by atoms with Crippen LogP contribution < -0.4 is 10.6 Å². The summed E-state index contributed by atoms with van der Waals surface area (Å²) in [6.07, 6.45) is 1.60. The summed E-state index contributed by atoms with van der Waals surface area (Å²) in [4.78, 5) is 4.17. The highest BCUT2D eigenvalue weighted by atomic mass is 79.9. The molecular weight excluding hydrogens is 310 g/mol. The van der Waals surface area contributed by atoms with Crippen LogP contribution in [0.5, 0.6) is 0 Å². The van der Waals surface area contributed by atoms with Crippen LogP contribution in [0.2, 0.25) is 5.02 Å². The Morgan fingerprint density at radius 1 is 1.56 bits per heavy atom. The molecule has 0 aliphatic carbocycles. The second-order valence-corrected chi connectivity index (χ2v) is 5.26. The predicted molar refractivity (Wildman–Crippen MR) is 76.2 cm³/mol. The Hall–Kier alpha value is -0.390. The Kier molecular flexibility index (Phi) is 4.95. The first kappa shape index (κ1) is 13.7. The lowest BCUT2D eigenvalue weighted by Crippen LogP contribution is -2.34. The molecule has 16 heavy (non-hydrogen) atoms. The zero-order valence-corrected chi connectivity index (χ0v) is 12.4. The van der Waals surface area contributed by atoms with Crippen LogP contribution in [0.25, 0.3) is 0 Å². The maximum Gasteiger partial charge on any atom is 0.172 e. The Balaban J connectivity index is 2.82. The van der Waals surface area contributed by atoms with E-state index in [0.29, 0.717) is 16.0 Å². The third kappa shape index (κ3) is 3.57. The fourth-order valence-corrected chi connectivity index (χ4v) is 2.06. The summed E-state index contributed by atoms with van der Waals surface area (Å²) in [6.45, 7) is 5.95. The number of thiocarbonyl (C=S) groups is 1. The molecule has 1 aromatic heterocycles. The molecular formula is C10H13BrClN3S. The average Bonchev–Trinajstić information content (AvgIpc) is 2.18. The summed E-state index contributed by atoms with van der Waals surface area (Å²) in [6, 6.07) is 0.284. The highest BCUT2D eigenvalue weighted by Gasteiger charge is 2.09. The van der Waals surface area contributed by atoms with E-state index in [1.807, 2.05) is 20.8 Å². The van der Waals surface area contributed by atoms with Crippen LogP contribution in [0.4, 0.5) is 5.82 Å². The molecule has 0 aliphatic heterocycles. The van der Waals surface area contributed by atoms with Crippen molar-refractivity contribution in [1.29, 1.82) is 0 Å². The minimum atomic E-state index is 0.284. The molecule has 1 heterocycles. The molecule has 2 N–H and O–H groups in total. The fourth-order valence-electron chi connectivity index (χ4n) is 1.05. The lowest BCUT2D eigenvalue weighted by Gasteiger charge is -2.14. The van der Waals surface area contributed by atoms with Crippen molar-refractivity contribution >= 4 is 50.7 Å². The molecule has 0 radical (unpaired) electrons. The first-order valence-corrected chi connectivity index (χ1v) is 6.38. The van der Waals surface area contributed by atoms with E-state index >= 15 is 0 Å². The van der Waals surface area contributed by atoms with Crippen LogP contribution in [0.3, 0.4) is 0 Å². The van der Waals surface area contributed by atoms with Gasteiger partial charge in [0.1, 0.15) is 5.82 Å². The first-order chi connectivity index (χ1) is 7.41. The van der Waals surface area contributed by atoms with Gasteiger partial charge in [-0.1, -0.05) is 11.6 Å². The molecule has 3 nitrogen and oxygen atoms in total. The van der Waals surface area contributed by atoms with Crippen molar-refractivity contribution in [3.63, 3.8) is 0 Å². The number of rotatable bonds is 2. The van der Waals surface area contributed by atoms with E-state index in [1.54, 1.807) is 6.20 Å². The molecule has 0 bridgehead atoms. The molecule has 0 aromatic carbocycles. The molecule has 88 valence electrons. The van der Waals surface area contributed by atoms with Crippen molar-refractivity contribution in [2.75, 3.05) is 5.32 Å². The van der Waals surface area contributed by atoms with E-state index in [9.17, 15) is 0 Å². The normalized spacial score (nSPS) is 10.4. The van der Waals surface area contributed by atoms with Gasteiger partial charge in [-0.05, 0) is 54.5 Å². The molecule has 0 unspecified atom stereocenters. The smallest absolute Gasteiger partial charge is 0.172 e. The second-order valence-electron chi connectivity index (χ2n) is 3.65. The maximum absolute atomic E-state index is 5.94. The average molecular weight is 323 g/mol. The Bertz CT molecular complexity index is 409. The highest BCUT2D eigenvalue weighted by Crippen LogP contribution is 2.28. The van der Waals surface area contributed by atoms with Crippen LogP contribution in [0.1, 0.15) is 19.4 Å². The van der Waals surface area contributed by atoms with Gasteiger partial charge >= 0.3 is 0 Å². The van der Waals surface area contributed by atoms with Gasteiger partial charge in [-0.25, -0.2) is 4.98 Å². The zero-order valence-electron chi connectivity index (χ0n) is 9.27. The van der Waals surface area contributed by atoms with Crippen LogP contribution in [0, 0.1) is 6.92 Å². The quantitative estimate of drug-likeness (QED) is 0.817. The molecule has 0 atom stereocenters. The summed E-state index contributed by atoms with van der Waals surface area (Å²) >= 11 is 14.5. The van der Waals surface area contributed by atoms with E-state index in [1.165, 1.54) is 0 Å². The van der Waals surface area contributed by atoms with Gasteiger partial charge < -0.3 is 10.6 Å². The number of aromatic nitrogens is 1. The van der Waals surface area contributed by atoms with Crippen molar-refractivity contribution in [3.05, 3.63) is 21.3 Å². The van der Waals surface area contributed by atoms with Crippen molar-refractivity contribution in [1.82, 2.24) is 10.3 Å². The van der Waals surface area contributed by atoms with E-state index in [-0.39, 0.29) is 6.04 Å². The monoisotopic (exact) mass is 321 g/mol. The number of hydrogen-bond acceptors (Lipinski definition) is 2. The SMILES string of the molecule is Cc1c(Cl)cnc(NC(=S)NC(C)C)c1Br. The third-order valence-corrected chi connectivity index (χ3v) is 3.43. The summed E-state index contributed by atoms with van der Waals surface area (Å²) < 4.78 is 0.827. The summed E-state index contributed by atoms with van der Waals surface area (Å²) in [5, 5.41) is 7.26. The van der Waals surface area contributed by atoms with Gasteiger partial charge in [0.25, 0.3) is 0 Å². The molecule has 0 fully saturated rings. The van der Waals surface area contributed by atoms with Gasteiger partial charge in [-0.3, -0.25) is 0 Å². The van der Waals surface area contributed by atoms with E-state index < -0.39 is 0 Å².